The molecule has 1 aromatic carbocycles. The Labute approximate surface area is 137 Å². The number of carbonyl (C=O) groups is 1. The molecule has 0 aromatic heterocycles. The Balaban J connectivity index is 1.82. The van der Waals surface area contributed by atoms with Crippen molar-refractivity contribution in [2.45, 2.75) is 12.6 Å². The molecular formula is C16H25ClN4O. The molecule has 1 aliphatic rings. The van der Waals surface area contributed by atoms with E-state index in [1.165, 1.54) is 0 Å². The largest absolute Gasteiger partial charge is 0.336 e. The lowest BCUT2D eigenvalue weighted by Gasteiger charge is -2.37. The van der Waals surface area contributed by atoms with E-state index in [4.69, 9.17) is 11.6 Å². The summed E-state index contributed by atoms with van der Waals surface area (Å²) < 4.78 is 0. The minimum Gasteiger partial charge on any atom is -0.336 e. The number of nitrogens with zero attached hydrogens (tertiary/aromatic N) is 3. The van der Waals surface area contributed by atoms with Crippen molar-refractivity contribution in [3.8, 4) is 0 Å². The maximum absolute atomic E-state index is 12.2. The second kappa shape index (κ2) is 7.81. The molecular weight excluding hydrogens is 300 g/mol. The van der Waals surface area contributed by atoms with Gasteiger partial charge in [-0.15, -0.1) is 0 Å². The molecule has 122 valence electrons. The topological polar surface area (TPSA) is 38.8 Å². The molecule has 1 saturated heterocycles. The third-order valence-corrected chi connectivity index (χ3v) is 4.55. The molecule has 1 aliphatic heterocycles. The minimum absolute atomic E-state index is 0.0680. The van der Waals surface area contributed by atoms with Gasteiger partial charge in [0.15, 0.2) is 0 Å². The number of hydrogen-bond donors (Lipinski definition) is 1. The molecule has 0 radical (unpaired) electrons. The first kappa shape index (κ1) is 17.1. The van der Waals surface area contributed by atoms with E-state index in [0.717, 1.165) is 25.2 Å². The van der Waals surface area contributed by atoms with Gasteiger partial charge < -0.3 is 15.1 Å². The lowest BCUT2D eigenvalue weighted by molar-refractivity contribution is 0.113. The van der Waals surface area contributed by atoms with Gasteiger partial charge in [-0.1, -0.05) is 29.8 Å². The number of rotatable bonds is 4. The average molecular weight is 325 g/mol. The normalized spacial score (nSPS) is 19.9. The fourth-order valence-electron chi connectivity index (χ4n) is 2.62. The van der Waals surface area contributed by atoms with Crippen LogP contribution in [0.15, 0.2) is 24.3 Å². The number of likely N-dealkylation sites (N-methyl/N-ethyl adjacent to an activating group) is 2. The van der Waals surface area contributed by atoms with Crippen molar-refractivity contribution in [1.82, 2.24) is 20.0 Å². The third kappa shape index (κ3) is 4.60. The maximum atomic E-state index is 12.2. The van der Waals surface area contributed by atoms with Gasteiger partial charge in [0.05, 0.1) is 0 Å². The number of piperazine rings is 1. The highest BCUT2D eigenvalue weighted by atomic mass is 35.5. The molecule has 2 rings (SSSR count). The van der Waals surface area contributed by atoms with Gasteiger partial charge in [0.25, 0.3) is 0 Å². The Morgan fingerprint density at radius 3 is 2.82 bits per heavy atom. The Morgan fingerprint density at radius 1 is 1.36 bits per heavy atom. The summed E-state index contributed by atoms with van der Waals surface area (Å²) in [5.74, 6) is 0. The number of urea groups is 1. The summed E-state index contributed by atoms with van der Waals surface area (Å²) in [6.45, 7) is 4.25. The number of halogens is 1. The fraction of sp³-hybridized carbons (Fsp3) is 0.562. The van der Waals surface area contributed by atoms with E-state index < -0.39 is 0 Å². The van der Waals surface area contributed by atoms with E-state index in [1.807, 2.05) is 24.3 Å². The van der Waals surface area contributed by atoms with Gasteiger partial charge in [-0.25, -0.2) is 4.79 Å². The molecule has 0 aliphatic carbocycles. The average Bonchev–Trinajstić information content (AvgIpc) is 2.50. The fourth-order valence-corrected chi connectivity index (χ4v) is 2.81. The first-order valence-corrected chi connectivity index (χ1v) is 7.96. The minimum atomic E-state index is -0.0680. The first-order valence-electron chi connectivity index (χ1n) is 7.58. The highest BCUT2D eigenvalue weighted by Crippen LogP contribution is 2.16. The SMILES string of the molecule is CN1CCN(C)[C@H](CNC(=O)N(C)Cc2ccccc2Cl)C1. The van der Waals surface area contributed by atoms with E-state index >= 15 is 0 Å². The van der Waals surface area contributed by atoms with E-state index in [0.29, 0.717) is 24.2 Å². The Morgan fingerprint density at radius 2 is 2.09 bits per heavy atom. The van der Waals surface area contributed by atoms with Crippen LogP contribution in [0.3, 0.4) is 0 Å². The Bertz CT molecular complexity index is 511. The van der Waals surface area contributed by atoms with Crippen molar-refractivity contribution in [3.63, 3.8) is 0 Å². The molecule has 0 bridgehead atoms. The van der Waals surface area contributed by atoms with Crippen LogP contribution in [0.5, 0.6) is 0 Å². The summed E-state index contributed by atoms with van der Waals surface area (Å²) in [5.41, 5.74) is 0.955. The number of nitrogens with one attached hydrogen (secondary N) is 1. The van der Waals surface area contributed by atoms with Gasteiger partial charge in [0, 0.05) is 50.8 Å². The smallest absolute Gasteiger partial charge is 0.317 e. The molecule has 1 N–H and O–H groups in total. The summed E-state index contributed by atoms with van der Waals surface area (Å²) >= 11 is 6.14. The van der Waals surface area contributed by atoms with Crippen LogP contribution in [0, 0.1) is 0 Å². The maximum Gasteiger partial charge on any atom is 0.317 e. The summed E-state index contributed by atoms with van der Waals surface area (Å²) in [4.78, 5) is 18.5. The third-order valence-electron chi connectivity index (χ3n) is 4.18. The van der Waals surface area contributed by atoms with Gasteiger partial charge in [0.2, 0.25) is 0 Å². The van der Waals surface area contributed by atoms with Crippen LogP contribution in [0.25, 0.3) is 0 Å². The lowest BCUT2D eigenvalue weighted by atomic mass is 10.2. The van der Waals surface area contributed by atoms with Crippen LogP contribution in [0.2, 0.25) is 5.02 Å². The molecule has 0 unspecified atom stereocenters. The lowest BCUT2D eigenvalue weighted by Crippen LogP contribution is -2.55. The van der Waals surface area contributed by atoms with Crippen molar-refractivity contribution in [3.05, 3.63) is 34.9 Å². The summed E-state index contributed by atoms with van der Waals surface area (Å²) in [6, 6.07) is 7.89. The van der Waals surface area contributed by atoms with Gasteiger partial charge in [-0.05, 0) is 25.7 Å². The van der Waals surface area contributed by atoms with Gasteiger partial charge >= 0.3 is 6.03 Å². The monoisotopic (exact) mass is 324 g/mol. The summed E-state index contributed by atoms with van der Waals surface area (Å²) in [5, 5.41) is 3.71. The van der Waals surface area contributed by atoms with Gasteiger partial charge in [-0.2, -0.15) is 0 Å². The molecule has 0 spiro atoms. The number of amides is 2. The molecule has 1 atom stereocenters. The van der Waals surface area contributed by atoms with E-state index in [-0.39, 0.29) is 6.03 Å². The number of hydrogen-bond acceptors (Lipinski definition) is 3. The van der Waals surface area contributed by atoms with Crippen molar-refractivity contribution >= 4 is 17.6 Å². The van der Waals surface area contributed by atoms with Crippen LogP contribution in [-0.2, 0) is 6.54 Å². The number of benzene rings is 1. The van der Waals surface area contributed by atoms with Crippen molar-refractivity contribution < 1.29 is 4.79 Å². The standard InChI is InChI=1S/C16H25ClN4O/c1-19-8-9-20(2)14(12-19)10-18-16(22)21(3)11-13-6-4-5-7-15(13)17/h4-7,14H,8-12H2,1-3H3,(H,18,22)/t14-/m1/s1. The predicted octanol–water partition coefficient (Wildman–Crippen LogP) is 1.73. The summed E-state index contributed by atoms with van der Waals surface area (Å²) in [6.07, 6.45) is 0. The molecule has 2 amide bonds. The quantitative estimate of drug-likeness (QED) is 0.916. The van der Waals surface area contributed by atoms with Crippen LogP contribution in [0.4, 0.5) is 4.79 Å². The van der Waals surface area contributed by atoms with Crippen molar-refractivity contribution in [2.24, 2.45) is 0 Å². The van der Waals surface area contributed by atoms with Crippen molar-refractivity contribution in [1.29, 1.82) is 0 Å². The van der Waals surface area contributed by atoms with E-state index in [2.05, 4.69) is 29.2 Å². The second-order valence-corrected chi connectivity index (χ2v) is 6.44. The van der Waals surface area contributed by atoms with Gasteiger partial charge in [-0.3, -0.25) is 4.90 Å². The second-order valence-electron chi connectivity index (χ2n) is 6.03. The summed E-state index contributed by atoms with van der Waals surface area (Å²) in [7, 11) is 6.01. The highest BCUT2D eigenvalue weighted by Gasteiger charge is 2.23. The number of carbonyl (C=O) groups excluding carboxylic acids is 1. The first-order chi connectivity index (χ1) is 10.5. The van der Waals surface area contributed by atoms with Crippen LogP contribution in [-0.4, -0.2) is 74.1 Å². The Kier molecular flexibility index (Phi) is 6.06. The van der Waals surface area contributed by atoms with Crippen LogP contribution >= 0.6 is 11.6 Å². The molecule has 22 heavy (non-hydrogen) atoms. The molecule has 0 saturated carbocycles. The zero-order valence-electron chi connectivity index (χ0n) is 13.6. The van der Waals surface area contributed by atoms with Crippen LogP contribution in [0.1, 0.15) is 5.56 Å². The van der Waals surface area contributed by atoms with Gasteiger partial charge in [0.1, 0.15) is 0 Å². The Hall–Kier alpha value is -1.30. The van der Waals surface area contributed by atoms with Crippen LogP contribution < -0.4 is 5.32 Å². The predicted molar refractivity (Wildman–Crippen MR) is 90.2 cm³/mol. The molecule has 6 heteroatoms. The molecule has 1 heterocycles. The molecule has 5 nitrogen and oxygen atoms in total. The van der Waals surface area contributed by atoms with E-state index in [9.17, 15) is 4.79 Å². The zero-order valence-corrected chi connectivity index (χ0v) is 14.3. The highest BCUT2D eigenvalue weighted by molar-refractivity contribution is 6.31. The molecule has 1 fully saturated rings. The van der Waals surface area contributed by atoms with Crippen molar-refractivity contribution in [2.75, 3.05) is 47.3 Å². The molecule has 1 aromatic rings. The zero-order chi connectivity index (χ0) is 16.1. The van der Waals surface area contributed by atoms with E-state index in [1.54, 1.807) is 11.9 Å².